The second-order valence-corrected chi connectivity index (χ2v) is 2.85. The molecule has 1 aromatic rings. The fourth-order valence-electron chi connectivity index (χ4n) is 1.01. The van der Waals surface area contributed by atoms with Crippen LogP contribution in [0.2, 0.25) is 0 Å². The molecule has 0 atom stereocenters. The van der Waals surface area contributed by atoms with Crippen LogP contribution < -0.4 is 10.6 Å². The van der Waals surface area contributed by atoms with Gasteiger partial charge in [0.25, 0.3) is 5.91 Å². The van der Waals surface area contributed by atoms with Gasteiger partial charge in [0.2, 0.25) is 0 Å². The van der Waals surface area contributed by atoms with Crippen molar-refractivity contribution >= 4 is 5.91 Å². The van der Waals surface area contributed by atoms with E-state index in [1.54, 1.807) is 6.07 Å². The van der Waals surface area contributed by atoms with Crippen molar-refractivity contribution in [3.05, 3.63) is 18.0 Å². The van der Waals surface area contributed by atoms with Gasteiger partial charge >= 0.3 is 0 Å². The number of rotatable bonds is 6. The topological polar surface area (TPSA) is 67.2 Å². The number of hydrogen-bond donors (Lipinski definition) is 2. The maximum atomic E-state index is 11.3. The molecule has 0 radical (unpaired) electrons. The Morgan fingerprint density at radius 3 is 3.07 bits per heavy atom. The van der Waals surface area contributed by atoms with E-state index in [1.807, 2.05) is 6.92 Å². The van der Waals surface area contributed by atoms with Gasteiger partial charge < -0.3 is 15.2 Å². The zero-order valence-electron chi connectivity index (χ0n) is 8.25. The van der Waals surface area contributed by atoms with Gasteiger partial charge in [-0.15, -0.1) is 0 Å². The highest BCUT2D eigenvalue weighted by Gasteiger charge is 2.06. The first-order valence-electron chi connectivity index (χ1n) is 4.74. The molecule has 0 bridgehead atoms. The minimum atomic E-state index is -0.185. The van der Waals surface area contributed by atoms with Crippen LogP contribution in [0, 0.1) is 0 Å². The standard InChI is InChI=1S/C9H15N3O2/c1-2-10-5-3-6-11-9(13)8-4-7-14-12-8/h4,7,10H,2-3,5-6H2,1H3,(H,11,13). The summed E-state index contributed by atoms with van der Waals surface area (Å²) in [5.74, 6) is -0.185. The maximum absolute atomic E-state index is 11.3. The highest BCUT2D eigenvalue weighted by molar-refractivity contribution is 5.91. The van der Waals surface area contributed by atoms with Crippen LogP contribution in [-0.4, -0.2) is 30.7 Å². The molecule has 1 amide bonds. The third kappa shape index (κ3) is 3.57. The van der Waals surface area contributed by atoms with E-state index in [0.29, 0.717) is 12.2 Å². The van der Waals surface area contributed by atoms with E-state index in [0.717, 1.165) is 19.5 Å². The van der Waals surface area contributed by atoms with Crippen LogP contribution in [0.4, 0.5) is 0 Å². The molecule has 5 nitrogen and oxygen atoms in total. The summed E-state index contributed by atoms with van der Waals surface area (Å²) in [5, 5.41) is 9.44. The van der Waals surface area contributed by atoms with E-state index < -0.39 is 0 Å². The lowest BCUT2D eigenvalue weighted by Crippen LogP contribution is -2.27. The Bertz CT molecular complexity index is 259. The second-order valence-electron chi connectivity index (χ2n) is 2.85. The third-order valence-electron chi connectivity index (χ3n) is 1.74. The number of aromatic nitrogens is 1. The first kappa shape index (κ1) is 10.7. The molecule has 0 aliphatic rings. The third-order valence-corrected chi connectivity index (χ3v) is 1.74. The largest absolute Gasteiger partial charge is 0.364 e. The fourth-order valence-corrected chi connectivity index (χ4v) is 1.01. The van der Waals surface area contributed by atoms with Crippen LogP contribution in [0.5, 0.6) is 0 Å². The number of hydrogen-bond acceptors (Lipinski definition) is 4. The molecule has 0 fully saturated rings. The lowest BCUT2D eigenvalue weighted by Gasteiger charge is -2.02. The van der Waals surface area contributed by atoms with Crippen LogP contribution in [0.25, 0.3) is 0 Å². The Hall–Kier alpha value is -1.36. The monoisotopic (exact) mass is 197 g/mol. The van der Waals surface area contributed by atoms with Crippen LogP contribution in [-0.2, 0) is 0 Å². The number of carbonyl (C=O) groups is 1. The number of amides is 1. The van der Waals surface area contributed by atoms with Gasteiger partial charge in [-0.3, -0.25) is 4.79 Å². The van der Waals surface area contributed by atoms with Crippen molar-refractivity contribution < 1.29 is 9.32 Å². The molecule has 78 valence electrons. The van der Waals surface area contributed by atoms with E-state index in [4.69, 9.17) is 0 Å². The van der Waals surface area contributed by atoms with Crippen molar-refractivity contribution in [1.29, 1.82) is 0 Å². The van der Waals surface area contributed by atoms with Gasteiger partial charge in [-0.2, -0.15) is 0 Å². The SMILES string of the molecule is CCNCCCNC(=O)c1ccon1. The van der Waals surface area contributed by atoms with Crippen LogP contribution in [0.3, 0.4) is 0 Å². The van der Waals surface area contributed by atoms with Crippen molar-refractivity contribution in [3.8, 4) is 0 Å². The van der Waals surface area contributed by atoms with Gasteiger partial charge in [-0.1, -0.05) is 12.1 Å². The fraction of sp³-hybridized carbons (Fsp3) is 0.556. The van der Waals surface area contributed by atoms with Gasteiger partial charge in [-0.05, 0) is 19.5 Å². The summed E-state index contributed by atoms with van der Waals surface area (Å²) in [6, 6.07) is 1.54. The molecule has 0 spiro atoms. The lowest BCUT2D eigenvalue weighted by atomic mass is 10.3. The summed E-state index contributed by atoms with van der Waals surface area (Å²) in [6.45, 7) is 4.57. The minimum absolute atomic E-state index is 0.185. The molecule has 1 rings (SSSR count). The van der Waals surface area contributed by atoms with Gasteiger partial charge in [-0.25, -0.2) is 0 Å². The van der Waals surface area contributed by atoms with E-state index >= 15 is 0 Å². The number of nitrogens with zero attached hydrogens (tertiary/aromatic N) is 1. The average Bonchev–Trinajstić information content (AvgIpc) is 2.70. The van der Waals surface area contributed by atoms with Crippen molar-refractivity contribution in [2.24, 2.45) is 0 Å². The molecule has 0 aliphatic heterocycles. The molecule has 0 aromatic carbocycles. The molecule has 1 heterocycles. The summed E-state index contributed by atoms with van der Waals surface area (Å²) < 4.78 is 4.56. The molecule has 0 unspecified atom stereocenters. The van der Waals surface area contributed by atoms with Gasteiger partial charge in [0, 0.05) is 12.6 Å². The molecule has 0 saturated heterocycles. The predicted octanol–water partition coefficient (Wildman–Crippen LogP) is 0.404. The molecule has 5 heteroatoms. The number of carbonyl (C=O) groups excluding carboxylic acids is 1. The first-order chi connectivity index (χ1) is 6.84. The van der Waals surface area contributed by atoms with E-state index in [1.165, 1.54) is 6.26 Å². The highest BCUT2D eigenvalue weighted by Crippen LogP contribution is 1.93. The van der Waals surface area contributed by atoms with Gasteiger partial charge in [0.05, 0.1) is 0 Å². The second kappa shape index (κ2) is 6.15. The predicted molar refractivity (Wildman–Crippen MR) is 52.0 cm³/mol. The van der Waals surface area contributed by atoms with Gasteiger partial charge in [0.1, 0.15) is 6.26 Å². The van der Waals surface area contributed by atoms with Crippen LogP contribution in [0.1, 0.15) is 23.8 Å². The summed E-state index contributed by atoms with van der Waals surface area (Å²) in [6.07, 6.45) is 2.30. The quantitative estimate of drug-likeness (QED) is 0.648. The summed E-state index contributed by atoms with van der Waals surface area (Å²) in [7, 11) is 0. The maximum Gasteiger partial charge on any atom is 0.273 e. The normalized spacial score (nSPS) is 10.1. The summed E-state index contributed by atoms with van der Waals surface area (Å²) in [4.78, 5) is 11.3. The minimum Gasteiger partial charge on any atom is -0.364 e. The molecule has 0 saturated carbocycles. The summed E-state index contributed by atoms with van der Waals surface area (Å²) >= 11 is 0. The van der Waals surface area contributed by atoms with Crippen LogP contribution in [0.15, 0.2) is 16.9 Å². The molecule has 0 aliphatic carbocycles. The Labute approximate surface area is 82.8 Å². The molecular formula is C9H15N3O2. The van der Waals surface area contributed by atoms with E-state index in [9.17, 15) is 4.79 Å². The van der Waals surface area contributed by atoms with Crippen molar-refractivity contribution in [1.82, 2.24) is 15.8 Å². The highest BCUT2D eigenvalue weighted by atomic mass is 16.5. The molecular weight excluding hydrogens is 182 g/mol. The Balaban J connectivity index is 2.10. The van der Waals surface area contributed by atoms with Gasteiger partial charge in [0.15, 0.2) is 5.69 Å². The molecule has 2 N–H and O–H groups in total. The lowest BCUT2D eigenvalue weighted by molar-refractivity contribution is 0.0944. The average molecular weight is 197 g/mol. The van der Waals surface area contributed by atoms with E-state index in [2.05, 4.69) is 20.3 Å². The van der Waals surface area contributed by atoms with Crippen molar-refractivity contribution in [2.75, 3.05) is 19.6 Å². The zero-order valence-corrected chi connectivity index (χ0v) is 8.25. The Kier molecular flexibility index (Phi) is 4.71. The first-order valence-corrected chi connectivity index (χ1v) is 4.74. The summed E-state index contributed by atoms with van der Waals surface area (Å²) in [5.41, 5.74) is 0.327. The molecule has 14 heavy (non-hydrogen) atoms. The Morgan fingerprint density at radius 1 is 1.57 bits per heavy atom. The van der Waals surface area contributed by atoms with E-state index in [-0.39, 0.29) is 5.91 Å². The number of nitrogens with one attached hydrogen (secondary N) is 2. The van der Waals surface area contributed by atoms with Crippen molar-refractivity contribution in [3.63, 3.8) is 0 Å². The van der Waals surface area contributed by atoms with Crippen LogP contribution >= 0.6 is 0 Å². The molecule has 1 aromatic heterocycles. The zero-order chi connectivity index (χ0) is 10.2. The smallest absolute Gasteiger partial charge is 0.273 e. The Morgan fingerprint density at radius 2 is 2.43 bits per heavy atom. The van der Waals surface area contributed by atoms with Crippen molar-refractivity contribution in [2.45, 2.75) is 13.3 Å².